The van der Waals surface area contributed by atoms with Crippen LogP contribution in [-0.2, 0) is 0 Å². The van der Waals surface area contributed by atoms with Gasteiger partial charge < -0.3 is 10.4 Å². The van der Waals surface area contributed by atoms with Crippen molar-refractivity contribution in [1.29, 1.82) is 0 Å². The van der Waals surface area contributed by atoms with E-state index in [1.807, 2.05) is 13.8 Å². The van der Waals surface area contributed by atoms with Crippen molar-refractivity contribution < 1.29 is 14.4 Å². The molecule has 19 heavy (non-hydrogen) atoms. The third-order valence-corrected chi connectivity index (χ3v) is 3.77. The van der Waals surface area contributed by atoms with Gasteiger partial charge in [-0.05, 0) is 28.8 Å². The highest BCUT2D eigenvalue weighted by atomic mass is 79.9. The molecule has 2 N–H and O–H groups in total. The quantitative estimate of drug-likeness (QED) is 0.617. The maximum atomic E-state index is 13.4. The minimum Gasteiger partial charge on any atom is -0.388 e. The molecule has 0 atom stereocenters. The molecule has 0 aliphatic heterocycles. The molecule has 1 aromatic carbocycles. The number of benzene rings is 1. The maximum absolute atomic E-state index is 13.4. The molecule has 0 heterocycles. The molecule has 0 aliphatic rings. The smallest absolute Gasteiger partial charge is 0.293 e. The van der Waals surface area contributed by atoms with E-state index in [1.165, 1.54) is 0 Å². The van der Waals surface area contributed by atoms with Gasteiger partial charge in [0.2, 0.25) is 0 Å². The maximum Gasteiger partial charge on any atom is 0.293 e. The number of halogens is 2. The van der Waals surface area contributed by atoms with Gasteiger partial charge in [-0.1, -0.05) is 13.8 Å². The predicted octanol–water partition coefficient (Wildman–Crippen LogP) is 3.46. The van der Waals surface area contributed by atoms with E-state index in [-0.39, 0.29) is 22.4 Å². The lowest BCUT2D eigenvalue weighted by Crippen LogP contribution is -2.35. The van der Waals surface area contributed by atoms with Crippen LogP contribution in [0.2, 0.25) is 0 Å². The van der Waals surface area contributed by atoms with E-state index in [0.717, 1.165) is 12.1 Å². The van der Waals surface area contributed by atoms with Crippen molar-refractivity contribution in [2.24, 2.45) is 0 Å². The van der Waals surface area contributed by atoms with Crippen LogP contribution in [0.3, 0.4) is 0 Å². The highest BCUT2D eigenvalue weighted by Crippen LogP contribution is 2.31. The van der Waals surface area contributed by atoms with Gasteiger partial charge in [0.1, 0.15) is 11.5 Å². The van der Waals surface area contributed by atoms with Crippen LogP contribution in [0, 0.1) is 15.9 Å². The Morgan fingerprint density at radius 3 is 2.53 bits per heavy atom. The summed E-state index contributed by atoms with van der Waals surface area (Å²) in [4.78, 5) is 10.3. The Kier molecular flexibility index (Phi) is 5.25. The molecule has 0 amide bonds. The van der Waals surface area contributed by atoms with E-state index in [1.54, 1.807) is 0 Å². The highest BCUT2D eigenvalue weighted by molar-refractivity contribution is 9.10. The van der Waals surface area contributed by atoms with Crippen molar-refractivity contribution >= 4 is 27.3 Å². The number of nitro benzene ring substituents is 1. The molecule has 0 radical (unpaired) electrons. The average molecular weight is 335 g/mol. The van der Waals surface area contributed by atoms with Crippen molar-refractivity contribution in [3.63, 3.8) is 0 Å². The molecule has 0 aliphatic carbocycles. The van der Waals surface area contributed by atoms with Gasteiger partial charge in [0.05, 0.1) is 15.0 Å². The topological polar surface area (TPSA) is 75.4 Å². The highest BCUT2D eigenvalue weighted by Gasteiger charge is 2.24. The average Bonchev–Trinajstić information content (AvgIpc) is 2.39. The molecule has 0 spiro atoms. The first kappa shape index (κ1) is 15.8. The zero-order valence-corrected chi connectivity index (χ0v) is 12.3. The molecule has 1 aromatic rings. The Bertz CT molecular complexity index is 478. The Labute approximate surface area is 119 Å². The molecule has 0 saturated heterocycles. The van der Waals surface area contributed by atoms with Crippen LogP contribution >= 0.6 is 15.9 Å². The van der Waals surface area contributed by atoms with Gasteiger partial charge in [0.15, 0.2) is 0 Å². The number of hydrogen-bond acceptors (Lipinski definition) is 4. The van der Waals surface area contributed by atoms with Crippen LogP contribution in [0.1, 0.15) is 26.7 Å². The molecular formula is C12H16BrFN2O3. The van der Waals surface area contributed by atoms with Gasteiger partial charge in [-0.15, -0.1) is 0 Å². The number of nitrogens with one attached hydrogen (secondary N) is 1. The number of nitrogens with zero attached hydrogens (tertiary/aromatic N) is 1. The van der Waals surface area contributed by atoms with Gasteiger partial charge in [-0.25, -0.2) is 4.39 Å². The van der Waals surface area contributed by atoms with Crippen molar-refractivity contribution in [3.8, 4) is 0 Å². The first-order valence-corrected chi connectivity index (χ1v) is 6.72. The van der Waals surface area contributed by atoms with E-state index >= 15 is 0 Å². The summed E-state index contributed by atoms with van der Waals surface area (Å²) in [7, 11) is 0. The first-order chi connectivity index (χ1) is 8.83. The zero-order valence-electron chi connectivity index (χ0n) is 10.7. The summed E-state index contributed by atoms with van der Waals surface area (Å²) < 4.78 is 13.5. The number of aliphatic hydroxyl groups is 1. The minimum atomic E-state index is -0.961. The molecule has 106 valence electrons. The Hall–Kier alpha value is -1.21. The monoisotopic (exact) mass is 334 g/mol. The molecule has 1 rings (SSSR count). The van der Waals surface area contributed by atoms with Gasteiger partial charge in [-0.3, -0.25) is 10.1 Å². The summed E-state index contributed by atoms with van der Waals surface area (Å²) in [6.45, 7) is 3.77. The first-order valence-electron chi connectivity index (χ1n) is 5.92. The number of hydrogen-bond donors (Lipinski definition) is 2. The second-order valence-corrected chi connectivity index (χ2v) is 5.18. The third-order valence-electron chi connectivity index (χ3n) is 3.16. The van der Waals surface area contributed by atoms with Crippen molar-refractivity contribution in [3.05, 3.63) is 32.5 Å². The summed E-state index contributed by atoms with van der Waals surface area (Å²) in [5.74, 6) is -0.593. The summed E-state index contributed by atoms with van der Waals surface area (Å²) in [6.07, 6.45) is 1.01. The van der Waals surface area contributed by atoms with Crippen LogP contribution in [0.15, 0.2) is 16.6 Å². The lowest BCUT2D eigenvalue weighted by molar-refractivity contribution is -0.384. The Morgan fingerprint density at radius 2 is 2.05 bits per heavy atom. The standard InChI is InChI=1S/C12H16BrFN2O3/c1-3-12(17,4-2)7-15-10-6-9(14)8(13)5-11(10)16(18)19/h5-6,15,17H,3-4,7H2,1-2H3. The second kappa shape index (κ2) is 6.29. The second-order valence-electron chi connectivity index (χ2n) is 4.33. The molecule has 0 saturated carbocycles. The molecule has 7 heteroatoms. The van der Waals surface area contributed by atoms with Gasteiger partial charge >= 0.3 is 0 Å². The van der Waals surface area contributed by atoms with Gasteiger partial charge in [0.25, 0.3) is 5.69 Å². The van der Waals surface area contributed by atoms with Crippen LogP contribution < -0.4 is 5.32 Å². The fourth-order valence-corrected chi connectivity index (χ4v) is 1.92. The van der Waals surface area contributed by atoms with Crippen LogP contribution in [0.4, 0.5) is 15.8 Å². The van der Waals surface area contributed by atoms with Crippen molar-refractivity contribution in [1.82, 2.24) is 0 Å². The van der Waals surface area contributed by atoms with Crippen LogP contribution in [0.25, 0.3) is 0 Å². The number of nitro groups is 1. The zero-order chi connectivity index (χ0) is 14.6. The van der Waals surface area contributed by atoms with E-state index in [0.29, 0.717) is 12.8 Å². The molecule has 0 aromatic heterocycles. The van der Waals surface area contributed by atoms with Crippen molar-refractivity contribution in [2.45, 2.75) is 32.3 Å². The van der Waals surface area contributed by atoms with E-state index in [9.17, 15) is 19.6 Å². The minimum absolute atomic E-state index is 0.0333. The van der Waals surface area contributed by atoms with Gasteiger partial charge in [-0.2, -0.15) is 0 Å². The fraction of sp³-hybridized carbons (Fsp3) is 0.500. The molecular weight excluding hydrogens is 319 g/mol. The Balaban J connectivity index is 3.00. The molecule has 5 nitrogen and oxygen atoms in total. The van der Waals surface area contributed by atoms with Crippen LogP contribution in [0.5, 0.6) is 0 Å². The summed E-state index contributed by atoms with van der Waals surface area (Å²) in [6, 6.07) is 2.16. The molecule has 0 fully saturated rings. The largest absolute Gasteiger partial charge is 0.388 e. The Morgan fingerprint density at radius 1 is 1.47 bits per heavy atom. The molecule has 0 unspecified atom stereocenters. The van der Waals surface area contributed by atoms with Gasteiger partial charge in [0, 0.05) is 18.7 Å². The van der Waals surface area contributed by atoms with E-state index in [2.05, 4.69) is 21.2 Å². The fourth-order valence-electron chi connectivity index (χ4n) is 1.59. The predicted molar refractivity (Wildman–Crippen MR) is 74.8 cm³/mol. The summed E-state index contributed by atoms with van der Waals surface area (Å²) in [5.41, 5.74) is -1.13. The number of anilines is 1. The third kappa shape index (κ3) is 3.87. The van der Waals surface area contributed by atoms with E-state index in [4.69, 9.17) is 0 Å². The van der Waals surface area contributed by atoms with Crippen LogP contribution in [-0.4, -0.2) is 22.2 Å². The normalized spacial score (nSPS) is 11.4. The summed E-state index contributed by atoms with van der Waals surface area (Å²) >= 11 is 2.91. The lowest BCUT2D eigenvalue weighted by atomic mass is 9.97. The summed E-state index contributed by atoms with van der Waals surface area (Å²) in [5, 5.41) is 23.8. The molecule has 0 bridgehead atoms. The van der Waals surface area contributed by atoms with Crippen molar-refractivity contribution in [2.75, 3.05) is 11.9 Å². The van der Waals surface area contributed by atoms with E-state index < -0.39 is 16.3 Å². The number of rotatable bonds is 6. The lowest BCUT2D eigenvalue weighted by Gasteiger charge is -2.25. The SMILES string of the molecule is CCC(O)(CC)CNc1cc(F)c(Br)cc1[N+](=O)[O-].